The molecule has 0 fully saturated rings. The van der Waals surface area contributed by atoms with Crippen LogP contribution < -0.4 is 5.14 Å². The lowest BCUT2D eigenvalue weighted by Gasteiger charge is -1.98. The minimum atomic E-state index is -3.76. The van der Waals surface area contributed by atoms with E-state index < -0.39 is 15.8 Å². The minimum absolute atomic E-state index is 0.0641. The molecule has 0 radical (unpaired) electrons. The highest BCUT2D eigenvalue weighted by Crippen LogP contribution is 2.23. The first-order chi connectivity index (χ1) is 7.48. The third kappa shape index (κ3) is 1.98. The van der Waals surface area contributed by atoms with E-state index in [9.17, 15) is 12.8 Å². The van der Waals surface area contributed by atoms with Crippen LogP contribution in [0, 0.1) is 5.82 Å². The average Bonchev–Trinajstić information content (AvgIpc) is 2.66. The summed E-state index contributed by atoms with van der Waals surface area (Å²) in [6.07, 6.45) is 1.23. The van der Waals surface area contributed by atoms with Crippen LogP contribution >= 0.6 is 0 Å². The molecule has 0 bridgehead atoms. The van der Waals surface area contributed by atoms with Gasteiger partial charge >= 0.3 is 0 Å². The van der Waals surface area contributed by atoms with Crippen LogP contribution in [0.1, 0.15) is 0 Å². The fraction of sp³-hybridized carbons (Fsp3) is 0. The van der Waals surface area contributed by atoms with Crippen LogP contribution in [0.4, 0.5) is 4.39 Å². The van der Waals surface area contributed by atoms with Crippen LogP contribution in [0.5, 0.6) is 0 Å². The Bertz CT molecular complexity index is 619. The molecule has 0 amide bonds. The second-order valence-electron chi connectivity index (χ2n) is 3.27. The maximum atomic E-state index is 13.4. The zero-order valence-electron chi connectivity index (χ0n) is 8.14. The predicted octanol–water partition coefficient (Wildman–Crippen LogP) is 1.47. The monoisotopic (exact) mass is 240 g/mol. The molecular weight excluding hydrogens is 231 g/mol. The molecule has 6 heteroatoms. The lowest BCUT2D eigenvalue weighted by Crippen LogP contribution is -2.10. The molecule has 1 aromatic heterocycles. The first-order valence-electron chi connectivity index (χ1n) is 4.44. The van der Waals surface area contributed by atoms with Gasteiger partial charge in [-0.2, -0.15) is 0 Å². The molecule has 16 heavy (non-hydrogen) atoms. The summed E-state index contributed by atoms with van der Waals surface area (Å²) in [6.45, 7) is 0. The number of halogens is 1. The number of nitrogens with two attached hydrogens (primary N) is 1. The van der Waals surface area contributed by atoms with Crippen LogP contribution in [0.25, 0.3) is 11.3 Å². The van der Waals surface area contributed by atoms with E-state index in [4.69, 9.17) is 5.14 Å². The molecule has 2 rings (SSSR count). The van der Waals surface area contributed by atoms with Crippen molar-refractivity contribution < 1.29 is 12.8 Å². The number of sulfonamides is 1. The number of hydrogen-bond acceptors (Lipinski definition) is 2. The molecule has 0 aliphatic carbocycles. The van der Waals surface area contributed by atoms with E-state index in [0.29, 0.717) is 11.3 Å². The van der Waals surface area contributed by atoms with Gasteiger partial charge in [-0.3, -0.25) is 0 Å². The molecule has 0 saturated carbocycles. The summed E-state index contributed by atoms with van der Waals surface area (Å²) < 4.78 is 35.4. The van der Waals surface area contributed by atoms with Gasteiger partial charge in [-0.15, -0.1) is 0 Å². The van der Waals surface area contributed by atoms with E-state index in [1.54, 1.807) is 18.2 Å². The summed E-state index contributed by atoms with van der Waals surface area (Å²) in [5.41, 5.74) is 0.680. The minimum Gasteiger partial charge on any atom is -0.360 e. The van der Waals surface area contributed by atoms with E-state index in [1.807, 2.05) is 0 Å². The molecule has 0 aliphatic rings. The van der Waals surface area contributed by atoms with E-state index in [2.05, 4.69) is 4.98 Å². The normalized spacial score (nSPS) is 11.6. The van der Waals surface area contributed by atoms with Crippen LogP contribution in [0.15, 0.2) is 41.4 Å². The average molecular weight is 240 g/mol. The predicted molar refractivity (Wildman–Crippen MR) is 57.6 cm³/mol. The van der Waals surface area contributed by atoms with Gasteiger partial charge in [0.25, 0.3) is 0 Å². The van der Waals surface area contributed by atoms with Gasteiger partial charge in [0.2, 0.25) is 10.0 Å². The molecule has 0 saturated heterocycles. The van der Waals surface area contributed by atoms with Gasteiger partial charge in [-0.25, -0.2) is 17.9 Å². The second-order valence-corrected chi connectivity index (χ2v) is 4.84. The van der Waals surface area contributed by atoms with E-state index in [-0.39, 0.29) is 4.90 Å². The molecular formula is C10H9FN2O2S. The topological polar surface area (TPSA) is 76.0 Å². The molecule has 1 aromatic carbocycles. The summed E-state index contributed by atoms with van der Waals surface area (Å²) in [5, 5.41) is 4.94. The number of aromatic amines is 1. The van der Waals surface area contributed by atoms with E-state index in [1.165, 1.54) is 18.3 Å². The highest BCUT2D eigenvalue weighted by atomic mass is 32.2. The number of nitrogens with one attached hydrogen (secondary N) is 1. The van der Waals surface area contributed by atoms with Crippen molar-refractivity contribution in [2.45, 2.75) is 4.90 Å². The summed E-state index contributed by atoms with van der Waals surface area (Å²) in [7, 11) is -3.76. The molecule has 0 unspecified atom stereocenters. The van der Waals surface area contributed by atoms with E-state index >= 15 is 0 Å². The van der Waals surface area contributed by atoms with Crippen molar-refractivity contribution >= 4 is 10.0 Å². The van der Waals surface area contributed by atoms with Crippen molar-refractivity contribution in [2.75, 3.05) is 0 Å². The third-order valence-electron chi connectivity index (χ3n) is 2.15. The van der Waals surface area contributed by atoms with Crippen molar-refractivity contribution in [1.29, 1.82) is 0 Å². The molecule has 0 atom stereocenters. The number of H-pyrrole nitrogens is 1. The number of aromatic nitrogens is 1. The van der Waals surface area contributed by atoms with Gasteiger partial charge < -0.3 is 4.98 Å². The Morgan fingerprint density at radius 1 is 1.25 bits per heavy atom. The number of rotatable bonds is 2. The highest BCUT2D eigenvalue weighted by molar-refractivity contribution is 7.89. The zero-order valence-corrected chi connectivity index (χ0v) is 8.96. The van der Waals surface area contributed by atoms with E-state index in [0.717, 1.165) is 0 Å². The Kier molecular flexibility index (Phi) is 2.53. The standard InChI is InChI=1S/C10H9FN2O2S/c11-9-4-2-1-3-8(9)10-5-7(6-13-10)16(12,14)15/h1-6,13H,(H2,12,14,15). The van der Waals surface area contributed by atoms with Crippen molar-refractivity contribution in [3.8, 4) is 11.3 Å². The lowest BCUT2D eigenvalue weighted by molar-refractivity contribution is 0.598. The molecule has 4 nitrogen and oxygen atoms in total. The first-order valence-corrected chi connectivity index (χ1v) is 5.99. The summed E-state index contributed by atoms with van der Waals surface area (Å²) >= 11 is 0. The van der Waals surface area contributed by atoms with Crippen LogP contribution in [0.3, 0.4) is 0 Å². The maximum Gasteiger partial charge on any atom is 0.239 e. The largest absolute Gasteiger partial charge is 0.360 e. The molecule has 2 aromatic rings. The second kappa shape index (κ2) is 3.73. The van der Waals surface area contributed by atoms with Gasteiger partial charge in [-0.05, 0) is 18.2 Å². The maximum absolute atomic E-state index is 13.4. The van der Waals surface area contributed by atoms with Crippen LogP contribution in [-0.4, -0.2) is 13.4 Å². The Labute approximate surface area is 92.0 Å². The van der Waals surface area contributed by atoms with Crippen molar-refractivity contribution in [3.05, 3.63) is 42.3 Å². The molecule has 84 valence electrons. The lowest BCUT2D eigenvalue weighted by atomic mass is 10.1. The quantitative estimate of drug-likeness (QED) is 0.833. The summed E-state index contributed by atoms with van der Waals surface area (Å²) in [5.74, 6) is -0.426. The first kappa shape index (κ1) is 10.8. The smallest absolute Gasteiger partial charge is 0.239 e. The molecule has 0 spiro atoms. The fourth-order valence-corrected chi connectivity index (χ4v) is 1.88. The Morgan fingerprint density at radius 2 is 1.94 bits per heavy atom. The Balaban J connectivity index is 2.52. The molecule has 0 aliphatic heterocycles. The SMILES string of the molecule is NS(=O)(=O)c1c[nH]c(-c2ccccc2F)c1. The van der Waals surface area contributed by atoms with Gasteiger partial charge in [-0.1, -0.05) is 12.1 Å². The van der Waals surface area contributed by atoms with Crippen molar-refractivity contribution in [2.24, 2.45) is 5.14 Å². The van der Waals surface area contributed by atoms with Crippen molar-refractivity contribution in [1.82, 2.24) is 4.98 Å². The summed E-state index contributed by atoms with van der Waals surface area (Å²) in [6, 6.07) is 7.37. The summed E-state index contributed by atoms with van der Waals surface area (Å²) in [4.78, 5) is 2.61. The third-order valence-corrected chi connectivity index (χ3v) is 3.04. The molecule has 3 N–H and O–H groups in total. The Morgan fingerprint density at radius 3 is 2.50 bits per heavy atom. The highest BCUT2D eigenvalue weighted by Gasteiger charge is 2.12. The van der Waals surface area contributed by atoms with Crippen molar-refractivity contribution in [3.63, 3.8) is 0 Å². The molecule has 1 heterocycles. The number of primary sulfonamides is 1. The van der Waals surface area contributed by atoms with Gasteiger partial charge in [0.1, 0.15) is 5.82 Å². The van der Waals surface area contributed by atoms with Gasteiger partial charge in [0.15, 0.2) is 0 Å². The number of hydrogen-bond donors (Lipinski definition) is 2. The fourth-order valence-electron chi connectivity index (χ4n) is 1.37. The van der Waals surface area contributed by atoms with Crippen LogP contribution in [0.2, 0.25) is 0 Å². The van der Waals surface area contributed by atoms with Gasteiger partial charge in [0.05, 0.1) is 4.90 Å². The number of benzene rings is 1. The van der Waals surface area contributed by atoms with Crippen LogP contribution in [-0.2, 0) is 10.0 Å². The Hall–Kier alpha value is -1.66. The van der Waals surface area contributed by atoms with Gasteiger partial charge in [0, 0.05) is 17.5 Å². The zero-order chi connectivity index (χ0) is 11.8.